The third-order valence-corrected chi connectivity index (χ3v) is 2.94. The van der Waals surface area contributed by atoms with Gasteiger partial charge in [0, 0.05) is 10.9 Å². The quantitative estimate of drug-likeness (QED) is 0.807. The molecule has 0 saturated heterocycles. The second-order valence-electron chi connectivity index (χ2n) is 4.85. The van der Waals surface area contributed by atoms with Crippen LogP contribution in [-0.4, -0.2) is 17.9 Å². The fourth-order valence-electron chi connectivity index (χ4n) is 1.43. The molecule has 2 amide bonds. The van der Waals surface area contributed by atoms with E-state index in [9.17, 15) is 9.59 Å². The first-order chi connectivity index (χ1) is 9.38. The smallest absolute Gasteiger partial charge is 0.279 e. The monoisotopic (exact) mass is 342 g/mol. The van der Waals surface area contributed by atoms with E-state index in [2.05, 4.69) is 26.8 Å². The molecule has 0 aliphatic rings. The molecule has 0 aliphatic heterocycles. The van der Waals surface area contributed by atoms with Crippen LogP contribution in [0.4, 0.5) is 0 Å². The summed E-state index contributed by atoms with van der Waals surface area (Å²) in [5, 5.41) is 0. The van der Waals surface area contributed by atoms with Crippen LogP contribution >= 0.6 is 15.9 Å². The van der Waals surface area contributed by atoms with Gasteiger partial charge in [-0.15, -0.1) is 0 Å². The maximum absolute atomic E-state index is 11.7. The molecule has 0 aromatic heterocycles. The van der Waals surface area contributed by atoms with Crippen molar-refractivity contribution in [1.29, 1.82) is 0 Å². The highest BCUT2D eigenvalue weighted by Crippen LogP contribution is 2.17. The molecule has 1 aromatic carbocycles. The molecule has 6 heteroatoms. The molecule has 1 rings (SSSR count). The molecule has 5 nitrogen and oxygen atoms in total. The van der Waals surface area contributed by atoms with Crippen molar-refractivity contribution in [2.75, 3.05) is 0 Å². The van der Waals surface area contributed by atoms with Gasteiger partial charge in [-0.3, -0.25) is 20.4 Å². The van der Waals surface area contributed by atoms with Crippen molar-refractivity contribution in [1.82, 2.24) is 10.9 Å². The molecular formula is C14H19BrN2O3. The third-order valence-electron chi connectivity index (χ3n) is 2.41. The van der Waals surface area contributed by atoms with Crippen molar-refractivity contribution >= 4 is 27.7 Å². The lowest BCUT2D eigenvalue weighted by molar-refractivity contribution is -0.133. The molecule has 1 atom stereocenters. The largest absolute Gasteiger partial charge is 0.481 e. The number of carbonyl (C=O) groups is 2. The second kappa shape index (κ2) is 7.89. The third kappa shape index (κ3) is 6.06. The molecule has 0 fully saturated rings. The van der Waals surface area contributed by atoms with Crippen molar-refractivity contribution in [3.05, 3.63) is 28.7 Å². The summed E-state index contributed by atoms with van der Waals surface area (Å²) in [5.74, 6) is 0.210. The summed E-state index contributed by atoms with van der Waals surface area (Å²) in [6, 6.07) is 7.16. The van der Waals surface area contributed by atoms with Crippen LogP contribution in [0, 0.1) is 5.92 Å². The molecule has 1 unspecified atom stereocenters. The predicted molar refractivity (Wildman–Crippen MR) is 80.0 cm³/mol. The Hall–Kier alpha value is -1.56. The van der Waals surface area contributed by atoms with Gasteiger partial charge in [0.15, 0.2) is 6.10 Å². The number of amides is 2. The van der Waals surface area contributed by atoms with Crippen LogP contribution in [0.5, 0.6) is 5.75 Å². The number of nitrogens with one attached hydrogen (secondary N) is 2. The van der Waals surface area contributed by atoms with Crippen molar-refractivity contribution in [2.24, 2.45) is 5.92 Å². The zero-order valence-electron chi connectivity index (χ0n) is 11.8. The molecule has 0 saturated carbocycles. The first kappa shape index (κ1) is 16.5. The Morgan fingerprint density at radius 1 is 1.15 bits per heavy atom. The number of halogens is 1. The summed E-state index contributed by atoms with van der Waals surface area (Å²) < 4.78 is 6.39. The van der Waals surface area contributed by atoms with Crippen LogP contribution in [0.1, 0.15) is 27.2 Å². The van der Waals surface area contributed by atoms with Gasteiger partial charge in [-0.1, -0.05) is 29.8 Å². The maximum atomic E-state index is 11.7. The van der Waals surface area contributed by atoms with E-state index in [1.54, 1.807) is 19.1 Å². The molecule has 110 valence electrons. The van der Waals surface area contributed by atoms with Gasteiger partial charge in [0.1, 0.15) is 5.75 Å². The molecular weight excluding hydrogens is 324 g/mol. The van der Waals surface area contributed by atoms with E-state index in [1.807, 2.05) is 26.0 Å². The van der Waals surface area contributed by atoms with Gasteiger partial charge in [-0.05, 0) is 37.1 Å². The van der Waals surface area contributed by atoms with E-state index < -0.39 is 12.0 Å². The molecule has 0 bridgehead atoms. The summed E-state index contributed by atoms with van der Waals surface area (Å²) >= 11 is 3.32. The first-order valence-electron chi connectivity index (χ1n) is 6.39. The fourth-order valence-corrected chi connectivity index (χ4v) is 1.69. The van der Waals surface area contributed by atoms with Gasteiger partial charge in [0.05, 0.1) is 0 Å². The first-order valence-corrected chi connectivity index (χ1v) is 7.18. The van der Waals surface area contributed by atoms with Crippen LogP contribution in [0.15, 0.2) is 28.7 Å². The summed E-state index contributed by atoms with van der Waals surface area (Å²) in [5.41, 5.74) is 4.71. The van der Waals surface area contributed by atoms with Crippen LogP contribution in [0.3, 0.4) is 0 Å². The minimum atomic E-state index is -0.699. The number of ether oxygens (including phenoxy) is 1. The lowest BCUT2D eigenvalue weighted by Crippen LogP contribution is -2.47. The lowest BCUT2D eigenvalue weighted by atomic mass is 10.1. The maximum Gasteiger partial charge on any atom is 0.279 e. The van der Waals surface area contributed by atoms with Crippen LogP contribution in [0.2, 0.25) is 0 Å². The van der Waals surface area contributed by atoms with Gasteiger partial charge in [-0.2, -0.15) is 0 Å². The van der Waals surface area contributed by atoms with Gasteiger partial charge >= 0.3 is 0 Å². The highest BCUT2D eigenvalue weighted by Gasteiger charge is 2.15. The fraction of sp³-hybridized carbons (Fsp3) is 0.429. The Bertz CT molecular complexity index is 460. The molecule has 0 spiro atoms. The Labute approximate surface area is 127 Å². The summed E-state index contributed by atoms with van der Waals surface area (Å²) in [6.07, 6.45) is -0.335. The molecule has 20 heavy (non-hydrogen) atoms. The van der Waals surface area contributed by atoms with E-state index >= 15 is 0 Å². The highest BCUT2D eigenvalue weighted by atomic mass is 79.9. The second-order valence-corrected chi connectivity index (χ2v) is 5.77. The Kier molecular flexibility index (Phi) is 6.51. The minimum Gasteiger partial charge on any atom is -0.481 e. The topological polar surface area (TPSA) is 67.4 Å². The zero-order valence-corrected chi connectivity index (χ0v) is 13.4. The average molecular weight is 343 g/mol. The molecule has 0 aliphatic carbocycles. The van der Waals surface area contributed by atoms with E-state index in [1.165, 1.54) is 0 Å². The summed E-state index contributed by atoms with van der Waals surface area (Å²) in [4.78, 5) is 23.1. The Morgan fingerprint density at radius 3 is 2.30 bits per heavy atom. The lowest BCUT2D eigenvalue weighted by Gasteiger charge is -2.15. The molecule has 1 aromatic rings. The number of hydrazine groups is 1. The van der Waals surface area contributed by atoms with E-state index in [4.69, 9.17) is 4.74 Å². The number of rotatable bonds is 5. The molecule has 0 radical (unpaired) electrons. The van der Waals surface area contributed by atoms with Gasteiger partial charge in [-0.25, -0.2) is 0 Å². The van der Waals surface area contributed by atoms with E-state index in [-0.39, 0.29) is 11.8 Å². The van der Waals surface area contributed by atoms with Crippen LogP contribution in [-0.2, 0) is 9.59 Å². The molecule has 0 heterocycles. The number of carbonyl (C=O) groups excluding carboxylic acids is 2. The number of benzene rings is 1. The summed E-state index contributed by atoms with van der Waals surface area (Å²) in [7, 11) is 0. The van der Waals surface area contributed by atoms with Gasteiger partial charge < -0.3 is 4.74 Å². The van der Waals surface area contributed by atoms with Crippen LogP contribution in [0.25, 0.3) is 0 Å². The van der Waals surface area contributed by atoms with Crippen molar-refractivity contribution in [3.8, 4) is 5.75 Å². The normalized spacial score (nSPS) is 11.8. The number of hydrogen-bond acceptors (Lipinski definition) is 3. The standard InChI is InChI=1S/C14H19BrN2O3/c1-9(2)8-13(18)16-17-14(19)10(3)20-12-6-4-11(15)5-7-12/h4-7,9-10H,8H2,1-3H3,(H,16,18)(H,17,19). The van der Waals surface area contributed by atoms with E-state index in [0.29, 0.717) is 12.2 Å². The average Bonchev–Trinajstić information content (AvgIpc) is 2.37. The predicted octanol–water partition coefficient (Wildman–Crippen LogP) is 2.41. The summed E-state index contributed by atoms with van der Waals surface area (Å²) in [6.45, 7) is 5.48. The SMILES string of the molecule is CC(C)CC(=O)NNC(=O)C(C)Oc1ccc(Br)cc1. The van der Waals surface area contributed by atoms with Crippen molar-refractivity contribution in [3.63, 3.8) is 0 Å². The van der Waals surface area contributed by atoms with Crippen molar-refractivity contribution < 1.29 is 14.3 Å². The van der Waals surface area contributed by atoms with E-state index in [0.717, 1.165) is 4.47 Å². The Balaban J connectivity index is 2.39. The van der Waals surface area contributed by atoms with Gasteiger partial charge in [0.25, 0.3) is 5.91 Å². The highest BCUT2D eigenvalue weighted by molar-refractivity contribution is 9.10. The van der Waals surface area contributed by atoms with Gasteiger partial charge in [0.2, 0.25) is 5.91 Å². The Morgan fingerprint density at radius 2 is 1.75 bits per heavy atom. The number of hydrogen-bond donors (Lipinski definition) is 2. The molecule has 2 N–H and O–H groups in total. The zero-order chi connectivity index (χ0) is 15.1. The van der Waals surface area contributed by atoms with Crippen molar-refractivity contribution in [2.45, 2.75) is 33.3 Å². The van der Waals surface area contributed by atoms with Crippen LogP contribution < -0.4 is 15.6 Å². The minimum absolute atomic E-state index is 0.218.